The first-order valence-electron chi connectivity index (χ1n) is 9.79. The van der Waals surface area contributed by atoms with E-state index in [0.717, 1.165) is 18.2 Å². The van der Waals surface area contributed by atoms with Crippen LogP contribution in [-0.4, -0.2) is 27.3 Å². The number of aromatic hydroxyl groups is 1. The number of phenolic OH excluding ortho intramolecular Hbond substituents is 1. The van der Waals surface area contributed by atoms with Gasteiger partial charge in [0, 0.05) is 0 Å². The molecule has 0 spiro atoms. The summed E-state index contributed by atoms with van der Waals surface area (Å²) in [6, 6.07) is 35.4. The molecular weight excluding hydrogens is 435 g/mol. The Labute approximate surface area is 194 Å². The second-order valence-corrected chi connectivity index (χ2v) is 9.33. The summed E-state index contributed by atoms with van der Waals surface area (Å²) in [6.07, 6.45) is 0. The molecule has 0 aliphatic heterocycles. The molecule has 168 valence electrons. The molecule has 3 N–H and O–H groups in total. The summed E-state index contributed by atoms with van der Waals surface area (Å²) in [5.41, 5.74) is -0.505. The lowest BCUT2D eigenvalue weighted by atomic mass is 10.1. The van der Waals surface area contributed by atoms with Crippen LogP contribution in [-0.2, 0) is 0 Å². The van der Waals surface area contributed by atoms with Gasteiger partial charge in [-0.3, -0.25) is 0 Å². The number of carboxylic acids is 2. The maximum Gasteiger partial charge on any atom is 0.335 e. The van der Waals surface area contributed by atoms with Crippen molar-refractivity contribution in [1.29, 1.82) is 0 Å². The van der Waals surface area contributed by atoms with Gasteiger partial charge in [0.25, 0.3) is 0 Å². The highest BCUT2D eigenvalue weighted by Crippen LogP contribution is 2.32. The van der Waals surface area contributed by atoms with E-state index in [9.17, 15) is 9.59 Å². The number of benzene rings is 4. The van der Waals surface area contributed by atoms with Gasteiger partial charge in [-0.2, -0.15) is 0 Å². The second-order valence-electron chi connectivity index (χ2n) is 6.85. The summed E-state index contributed by atoms with van der Waals surface area (Å²) in [5.74, 6) is -2.94. The number of aromatic carboxylic acids is 2. The third-order valence-corrected chi connectivity index (χ3v) is 7.33. The fourth-order valence-electron chi connectivity index (χ4n) is 3.17. The van der Waals surface area contributed by atoms with Crippen LogP contribution in [0.5, 0.6) is 5.75 Å². The van der Waals surface area contributed by atoms with E-state index in [1.165, 1.54) is 15.9 Å². The van der Waals surface area contributed by atoms with Crippen molar-refractivity contribution in [1.82, 2.24) is 0 Å². The standard InChI is InChI=1S/C18H15P.C8H6O5.CH4/c1-4-10-16(11-5-1)19(17-12-6-2-7-13-17)18-14-8-3-9-15-18;9-6-2-4(7(10)11)1-5(3-6)8(12)13;/h1-15H;1-3,9H,(H,10,11)(H,12,13);1H4/p+1. The maximum atomic E-state index is 10.4. The number of hydrogen-bond acceptors (Lipinski definition) is 3. The monoisotopic (exact) mass is 461 g/mol. The van der Waals surface area contributed by atoms with Gasteiger partial charge in [-0.05, 0) is 54.6 Å². The van der Waals surface area contributed by atoms with Gasteiger partial charge >= 0.3 is 11.9 Å². The number of rotatable bonds is 5. The molecule has 0 unspecified atom stereocenters. The van der Waals surface area contributed by atoms with Crippen LogP contribution in [0.2, 0.25) is 0 Å². The molecule has 33 heavy (non-hydrogen) atoms. The predicted molar refractivity (Wildman–Crippen MR) is 135 cm³/mol. The summed E-state index contributed by atoms with van der Waals surface area (Å²) < 4.78 is 0. The van der Waals surface area contributed by atoms with Crippen LogP contribution in [0.15, 0.2) is 109 Å². The highest BCUT2D eigenvalue weighted by Gasteiger charge is 2.24. The minimum atomic E-state index is -1.28. The van der Waals surface area contributed by atoms with Gasteiger partial charge in [-0.15, -0.1) is 0 Å². The van der Waals surface area contributed by atoms with E-state index in [1.54, 1.807) is 0 Å². The van der Waals surface area contributed by atoms with Gasteiger partial charge in [0.1, 0.15) is 21.7 Å². The average Bonchev–Trinajstić information content (AvgIpc) is 2.81. The highest BCUT2D eigenvalue weighted by atomic mass is 31.1. The third-order valence-electron chi connectivity index (χ3n) is 4.60. The zero-order valence-electron chi connectivity index (χ0n) is 17.1. The van der Waals surface area contributed by atoms with Crippen LogP contribution in [0, 0.1) is 0 Å². The molecule has 0 heterocycles. The highest BCUT2D eigenvalue weighted by molar-refractivity contribution is 7.79. The van der Waals surface area contributed by atoms with E-state index in [-0.39, 0.29) is 24.3 Å². The zero-order valence-corrected chi connectivity index (χ0v) is 18.1. The Hall–Kier alpha value is -3.95. The molecule has 0 radical (unpaired) electrons. The van der Waals surface area contributed by atoms with Crippen molar-refractivity contribution in [2.45, 2.75) is 7.43 Å². The van der Waals surface area contributed by atoms with Crippen LogP contribution >= 0.6 is 7.92 Å². The number of carbonyl (C=O) groups is 2. The first kappa shape index (κ1) is 25.3. The van der Waals surface area contributed by atoms with E-state index in [2.05, 4.69) is 91.0 Å². The summed E-state index contributed by atoms with van der Waals surface area (Å²) in [7, 11) is -0.877. The van der Waals surface area contributed by atoms with Crippen LogP contribution in [0.25, 0.3) is 0 Å². The van der Waals surface area contributed by atoms with Crippen molar-refractivity contribution in [2.24, 2.45) is 0 Å². The molecule has 4 aromatic carbocycles. The van der Waals surface area contributed by atoms with Crippen LogP contribution in [0.4, 0.5) is 0 Å². The Kier molecular flexibility index (Phi) is 9.34. The molecule has 0 saturated heterocycles. The number of hydrogen-bond donors (Lipinski definition) is 3. The van der Waals surface area contributed by atoms with Gasteiger partial charge in [-0.25, -0.2) is 9.59 Å². The molecule has 0 amide bonds. The Morgan fingerprint density at radius 2 is 0.848 bits per heavy atom. The fraction of sp³-hybridized carbons (Fsp3) is 0.0370. The molecule has 0 aromatic heterocycles. The van der Waals surface area contributed by atoms with Gasteiger partial charge in [0.05, 0.1) is 19.0 Å². The minimum absolute atomic E-state index is 0. The van der Waals surface area contributed by atoms with E-state index in [0.29, 0.717) is 0 Å². The summed E-state index contributed by atoms with van der Waals surface area (Å²) in [4.78, 5) is 20.8. The van der Waals surface area contributed by atoms with E-state index in [1.807, 2.05) is 0 Å². The van der Waals surface area contributed by atoms with E-state index >= 15 is 0 Å². The van der Waals surface area contributed by atoms with E-state index < -0.39 is 19.9 Å². The molecule has 0 fully saturated rings. The molecule has 0 aliphatic rings. The normalized spacial score (nSPS) is 9.85. The largest absolute Gasteiger partial charge is 0.508 e. The molecule has 6 heteroatoms. The second kappa shape index (κ2) is 12.2. The predicted octanol–water partition coefficient (Wildman–Crippen LogP) is 4.60. The van der Waals surface area contributed by atoms with Crippen molar-refractivity contribution < 1.29 is 24.9 Å². The number of phenols is 1. The van der Waals surface area contributed by atoms with Crippen molar-refractivity contribution in [3.63, 3.8) is 0 Å². The molecule has 4 rings (SSSR count). The first-order valence-corrected chi connectivity index (χ1v) is 11.3. The van der Waals surface area contributed by atoms with Gasteiger partial charge in [0.15, 0.2) is 0 Å². The molecule has 0 aliphatic carbocycles. The smallest absolute Gasteiger partial charge is 0.335 e. The van der Waals surface area contributed by atoms with E-state index in [4.69, 9.17) is 15.3 Å². The Balaban J connectivity index is 0.000000244. The Morgan fingerprint density at radius 3 is 1.12 bits per heavy atom. The molecule has 5 nitrogen and oxygen atoms in total. The fourth-order valence-corrected chi connectivity index (χ4v) is 5.75. The van der Waals surface area contributed by atoms with Gasteiger partial charge in [-0.1, -0.05) is 62.0 Å². The molecule has 4 aromatic rings. The Bertz CT molecular complexity index is 1050. The topological polar surface area (TPSA) is 94.8 Å². The quantitative estimate of drug-likeness (QED) is 0.378. The molecule has 0 atom stereocenters. The summed E-state index contributed by atoms with van der Waals surface area (Å²) in [6.45, 7) is 0. The van der Waals surface area contributed by atoms with Crippen LogP contribution in [0.3, 0.4) is 0 Å². The van der Waals surface area contributed by atoms with Crippen molar-refractivity contribution >= 4 is 35.8 Å². The molecular formula is C27H26O5P+. The average molecular weight is 461 g/mol. The lowest BCUT2D eigenvalue weighted by Crippen LogP contribution is -2.20. The lowest BCUT2D eigenvalue weighted by molar-refractivity contribution is 0.0696. The van der Waals surface area contributed by atoms with Gasteiger partial charge < -0.3 is 15.3 Å². The third kappa shape index (κ3) is 7.03. The minimum Gasteiger partial charge on any atom is -0.508 e. The molecule has 0 saturated carbocycles. The summed E-state index contributed by atoms with van der Waals surface area (Å²) in [5, 5.41) is 30.3. The van der Waals surface area contributed by atoms with Crippen molar-refractivity contribution in [3.05, 3.63) is 120 Å². The zero-order chi connectivity index (χ0) is 22.9. The molecule has 0 bridgehead atoms. The Morgan fingerprint density at radius 1 is 0.545 bits per heavy atom. The maximum absolute atomic E-state index is 10.4. The number of carboxylic acid groups (broad SMARTS) is 2. The van der Waals surface area contributed by atoms with Gasteiger partial charge in [0.2, 0.25) is 0 Å². The lowest BCUT2D eigenvalue weighted by Gasteiger charge is -2.10. The van der Waals surface area contributed by atoms with Crippen LogP contribution in [0.1, 0.15) is 28.1 Å². The van der Waals surface area contributed by atoms with Crippen molar-refractivity contribution in [2.75, 3.05) is 0 Å². The first-order chi connectivity index (χ1) is 15.5. The summed E-state index contributed by atoms with van der Waals surface area (Å²) >= 11 is 0. The van der Waals surface area contributed by atoms with Crippen molar-refractivity contribution in [3.8, 4) is 5.75 Å². The SMILES string of the molecule is C.O=C(O)c1cc(O)cc(C(=O)O)c1.c1ccc([PH+](c2ccccc2)c2ccccc2)cc1. The van der Waals surface area contributed by atoms with Crippen LogP contribution < -0.4 is 15.9 Å².